The van der Waals surface area contributed by atoms with Crippen molar-refractivity contribution in [1.29, 1.82) is 0 Å². The molecule has 0 radical (unpaired) electrons. The summed E-state index contributed by atoms with van der Waals surface area (Å²) < 4.78 is 5.33. The van der Waals surface area contributed by atoms with Gasteiger partial charge < -0.3 is 4.74 Å². The van der Waals surface area contributed by atoms with E-state index in [0.717, 1.165) is 37.7 Å². The minimum atomic E-state index is -0.100. The number of unbranched alkanes of at least 4 members (excludes halogenated alkanes) is 1. The zero-order chi connectivity index (χ0) is 19.4. The number of esters is 1. The third kappa shape index (κ3) is 7.32. The highest BCUT2D eigenvalue weighted by atomic mass is 32.1. The summed E-state index contributed by atoms with van der Waals surface area (Å²) in [6.45, 7) is 0.372. The molecule has 0 bridgehead atoms. The molecule has 0 atom stereocenters. The number of hydrogen-bond donors (Lipinski definition) is 0. The third-order valence-electron chi connectivity index (χ3n) is 4.75. The molecule has 0 aliphatic carbocycles. The van der Waals surface area contributed by atoms with Gasteiger partial charge in [-0.05, 0) is 61.8 Å². The Bertz CT molecular complexity index is 824. The smallest absolute Gasteiger partial charge is 0.306 e. The topological polar surface area (TPSA) is 26.3 Å². The zero-order valence-corrected chi connectivity index (χ0v) is 17.1. The second-order valence-electron chi connectivity index (χ2n) is 7.06. The van der Waals surface area contributed by atoms with Crippen molar-refractivity contribution in [3.63, 3.8) is 0 Å². The fourth-order valence-electron chi connectivity index (χ4n) is 3.18. The summed E-state index contributed by atoms with van der Waals surface area (Å²) in [6.07, 6.45) is 6.94. The molecular weight excluding hydrogens is 364 g/mol. The van der Waals surface area contributed by atoms with Crippen molar-refractivity contribution in [2.75, 3.05) is 0 Å². The van der Waals surface area contributed by atoms with Crippen LogP contribution in [0.2, 0.25) is 0 Å². The van der Waals surface area contributed by atoms with Gasteiger partial charge in [0.25, 0.3) is 0 Å². The van der Waals surface area contributed by atoms with Crippen LogP contribution in [0.4, 0.5) is 0 Å². The predicted molar refractivity (Wildman–Crippen MR) is 117 cm³/mol. The highest BCUT2D eigenvalue weighted by Crippen LogP contribution is 2.21. The molecule has 3 rings (SSSR count). The fourth-order valence-corrected chi connectivity index (χ4v) is 4.28. The van der Waals surface area contributed by atoms with Crippen LogP contribution in [-0.2, 0) is 35.4 Å². The van der Waals surface area contributed by atoms with Gasteiger partial charge in [0.2, 0.25) is 0 Å². The molecule has 0 fully saturated rings. The number of carbonyl (C=O) groups is 1. The first-order chi connectivity index (χ1) is 13.8. The van der Waals surface area contributed by atoms with Gasteiger partial charge in [-0.2, -0.15) is 0 Å². The van der Waals surface area contributed by atoms with E-state index in [1.807, 2.05) is 41.7 Å². The van der Waals surface area contributed by atoms with Crippen LogP contribution in [0.1, 0.15) is 46.6 Å². The molecule has 2 nitrogen and oxygen atoms in total. The van der Waals surface area contributed by atoms with E-state index in [2.05, 4.69) is 42.5 Å². The SMILES string of the molecule is O=C(CCCCc1ccc(CCCc2ccccc2)s1)OCc1ccccc1. The molecule has 0 aliphatic heterocycles. The molecule has 0 saturated carbocycles. The summed E-state index contributed by atoms with van der Waals surface area (Å²) >= 11 is 1.92. The number of thiophene rings is 1. The number of rotatable bonds is 11. The average molecular weight is 393 g/mol. The van der Waals surface area contributed by atoms with Gasteiger partial charge >= 0.3 is 5.97 Å². The Morgan fingerprint density at radius 1 is 0.679 bits per heavy atom. The summed E-state index contributed by atoms with van der Waals surface area (Å²) in [6, 6.07) is 25.0. The maximum absolute atomic E-state index is 11.8. The Kier molecular flexibility index (Phi) is 8.32. The Morgan fingerprint density at radius 2 is 1.29 bits per heavy atom. The molecule has 0 N–H and O–H groups in total. The normalized spacial score (nSPS) is 10.7. The highest BCUT2D eigenvalue weighted by molar-refractivity contribution is 7.11. The van der Waals surface area contributed by atoms with Gasteiger partial charge in [0.1, 0.15) is 6.61 Å². The molecule has 146 valence electrons. The highest BCUT2D eigenvalue weighted by Gasteiger charge is 2.05. The van der Waals surface area contributed by atoms with Gasteiger partial charge in [0.15, 0.2) is 0 Å². The van der Waals surface area contributed by atoms with Crippen LogP contribution in [-0.4, -0.2) is 5.97 Å². The monoisotopic (exact) mass is 392 g/mol. The Morgan fingerprint density at radius 3 is 1.96 bits per heavy atom. The summed E-state index contributed by atoms with van der Waals surface area (Å²) in [7, 11) is 0. The van der Waals surface area contributed by atoms with Crippen molar-refractivity contribution < 1.29 is 9.53 Å². The van der Waals surface area contributed by atoms with Crippen molar-refractivity contribution in [2.45, 2.75) is 51.6 Å². The third-order valence-corrected chi connectivity index (χ3v) is 5.95. The fraction of sp³-hybridized carbons (Fsp3) is 0.320. The van der Waals surface area contributed by atoms with E-state index in [1.54, 1.807) is 0 Å². The van der Waals surface area contributed by atoms with Crippen molar-refractivity contribution in [2.24, 2.45) is 0 Å². The van der Waals surface area contributed by atoms with E-state index in [9.17, 15) is 4.79 Å². The lowest BCUT2D eigenvalue weighted by Gasteiger charge is -2.04. The van der Waals surface area contributed by atoms with E-state index in [0.29, 0.717) is 13.0 Å². The summed E-state index contributed by atoms with van der Waals surface area (Å²) in [5.74, 6) is -0.100. The Hall–Kier alpha value is -2.39. The molecule has 28 heavy (non-hydrogen) atoms. The lowest BCUT2D eigenvalue weighted by Crippen LogP contribution is -2.04. The molecule has 1 heterocycles. The van der Waals surface area contributed by atoms with Crippen molar-refractivity contribution in [3.05, 3.63) is 93.7 Å². The molecule has 0 spiro atoms. The summed E-state index contributed by atoms with van der Waals surface area (Å²) in [4.78, 5) is 14.7. The summed E-state index contributed by atoms with van der Waals surface area (Å²) in [5, 5.41) is 0. The summed E-state index contributed by atoms with van der Waals surface area (Å²) in [5.41, 5.74) is 2.45. The lowest BCUT2D eigenvalue weighted by atomic mass is 10.1. The first-order valence-electron chi connectivity index (χ1n) is 10.1. The van der Waals surface area contributed by atoms with E-state index >= 15 is 0 Å². The van der Waals surface area contributed by atoms with Crippen LogP contribution in [0, 0.1) is 0 Å². The number of benzene rings is 2. The number of ether oxygens (including phenoxy) is 1. The maximum atomic E-state index is 11.8. The number of carbonyl (C=O) groups excluding carboxylic acids is 1. The van der Waals surface area contributed by atoms with Crippen LogP contribution in [0.3, 0.4) is 0 Å². The minimum Gasteiger partial charge on any atom is -0.461 e. The number of hydrogen-bond acceptors (Lipinski definition) is 3. The van der Waals surface area contributed by atoms with E-state index in [4.69, 9.17) is 4.74 Å². The molecular formula is C25H28O2S. The zero-order valence-electron chi connectivity index (χ0n) is 16.3. The second-order valence-corrected chi connectivity index (χ2v) is 8.31. The predicted octanol–water partition coefficient (Wildman–Crippen LogP) is 6.38. The van der Waals surface area contributed by atoms with Crippen molar-refractivity contribution in [1.82, 2.24) is 0 Å². The van der Waals surface area contributed by atoms with Gasteiger partial charge in [-0.25, -0.2) is 0 Å². The molecule has 3 aromatic rings. The largest absolute Gasteiger partial charge is 0.461 e. The molecule has 3 heteroatoms. The van der Waals surface area contributed by atoms with Gasteiger partial charge in [-0.3, -0.25) is 4.79 Å². The average Bonchev–Trinajstić information content (AvgIpc) is 3.19. The van der Waals surface area contributed by atoms with Crippen LogP contribution >= 0.6 is 11.3 Å². The van der Waals surface area contributed by atoms with Gasteiger partial charge in [0.05, 0.1) is 0 Å². The molecule has 0 unspecified atom stereocenters. The van der Waals surface area contributed by atoms with E-state index in [1.165, 1.54) is 21.7 Å². The van der Waals surface area contributed by atoms with Crippen LogP contribution in [0.25, 0.3) is 0 Å². The van der Waals surface area contributed by atoms with Crippen molar-refractivity contribution >= 4 is 17.3 Å². The standard InChI is InChI=1S/C25H28O2S/c26-25(27-20-22-12-5-2-6-13-22)17-8-7-15-23-18-19-24(28-23)16-9-14-21-10-3-1-4-11-21/h1-6,10-13,18-19H,7-9,14-17,20H2. The molecule has 0 amide bonds. The lowest BCUT2D eigenvalue weighted by molar-refractivity contribution is -0.145. The quantitative estimate of drug-likeness (QED) is 0.279. The molecule has 1 aromatic heterocycles. The molecule has 0 aliphatic rings. The van der Waals surface area contributed by atoms with Gasteiger partial charge in [-0.15, -0.1) is 11.3 Å². The van der Waals surface area contributed by atoms with Crippen LogP contribution < -0.4 is 0 Å². The molecule has 0 saturated heterocycles. The van der Waals surface area contributed by atoms with Crippen LogP contribution in [0.15, 0.2) is 72.8 Å². The maximum Gasteiger partial charge on any atom is 0.306 e. The van der Waals surface area contributed by atoms with Crippen molar-refractivity contribution in [3.8, 4) is 0 Å². The first kappa shape index (κ1) is 20.3. The second kappa shape index (κ2) is 11.5. The first-order valence-corrected chi connectivity index (χ1v) is 10.9. The number of aryl methyl sites for hydroxylation is 3. The van der Waals surface area contributed by atoms with Gasteiger partial charge in [-0.1, -0.05) is 60.7 Å². The molecule has 2 aromatic carbocycles. The van der Waals surface area contributed by atoms with Gasteiger partial charge in [0, 0.05) is 16.2 Å². The van der Waals surface area contributed by atoms with Crippen LogP contribution in [0.5, 0.6) is 0 Å². The Labute approximate surface area is 172 Å². The minimum absolute atomic E-state index is 0.100. The van der Waals surface area contributed by atoms with E-state index in [-0.39, 0.29) is 5.97 Å². The Balaban J connectivity index is 1.27. The van der Waals surface area contributed by atoms with E-state index < -0.39 is 0 Å².